The zero-order valence-corrected chi connectivity index (χ0v) is 13.1. The van der Waals surface area contributed by atoms with Gasteiger partial charge in [-0.2, -0.15) is 10.5 Å². The lowest BCUT2D eigenvalue weighted by Crippen LogP contribution is -2.32. The number of benzene rings is 2. The Hall–Kier alpha value is -2.78. The van der Waals surface area contributed by atoms with Crippen molar-refractivity contribution in [3.63, 3.8) is 0 Å². The molecule has 0 bridgehead atoms. The Kier molecular flexibility index (Phi) is 4.60. The van der Waals surface area contributed by atoms with Gasteiger partial charge in [-0.15, -0.1) is 0 Å². The molecule has 0 unspecified atom stereocenters. The quantitative estimate of drug-likeness (QED) is 0.810. The van der Waals surface area contributed by atoms with Gasteiger partial charge in [-0.3, -0.25) is 0 Å². The van der Waals surface area contributed by atoms with E-state index >= 15 is 0 Å². The standard InChI is InChI=1S/C20H19N3/c21-14-16-6-10-19(11-7-16)23(18-4-2-1-3-5-18)20-12-8-17(15-22)9-13-20/h6-13,18H,1-5H2. The van der Waals surface area contributed by atoms with E-state index in [0.717, 1.165) is 11.4 Å². The molecule has 2 aromatic carbocycles. The first-order chi connectivity index (χ1) is 11.3. The first-order valence-corrected chi connectivity index (χ1v) is 8.11. The Morgan fingerprint density at radius 2 is 1.13 bits per heavy atom. The van der Waals surface area contributed by atoms with Gasteiger partial charge in [0.2, 0.25) is 0 Å². The number of hydrogen-bond donors (Lipinski definition) is 0. The summed E-state index contributed by atoms with van der Waals surface area (Å²) in [6, 6.07) is 20.4. The van der Waals surface area contributed by atoms with Gasteiger partial charge in [-0.25, -0.2) is 0 Å². The fourth-order valence-electron chi connectivity index (χ4n) is 3.30. The second-order valence-corrected chi connectivity index (χ2v) is 5.98. The van der Waals surface area contributed by atoms with Gasteiger partial charge in [0.15, 0.2) is 0 Å². The topological polar surface area (TPSA) is 50.8 Å². The van der Waals surface area contributed by atoms with Crippen molar-refractivity contribution in [2.24, 2.45) is 0 Å². The Bertz CT molecular complexity index is 669. The molecule has 0 atom stereocenters. The summed E-state index contributed by atoms with van der Waals surface area (Å²) >= 11 is 0. The van der Waals surface area contributed by atoms with E-state index in [1.54, 1.807) is 0 Å². The minimum Gasteiger partial charge on any atom is -0.338 e. The zero-order valence-electron chi connectivity index (χ0n) is 13.1. The molecule has 0 radical (unpaired) electrons. The van der Waals surface area contributed by atoms with Crippen LogP contribution in [0.4, 0.5) is 11.4 Å². The molecule has 0 amide bonds. The molecule has 3 rings (SSSR count). The van der Waals surface area contributed by atoms with E-state index in [1.165, 1.54) is 32.1 Å². The summed E-state index contributed by atoms with van der Waals surface area (Å²) in [4.78, 5) is 2.36. The second kappa shape index (κ2) is 6.99. The van der Waals surface area contributed by atoms with Crippen LogP contribution in [0.1, 0.15) is 43.2 Å². The summed E-state index contributed by atoms with van der Waals surface area (Å²) in [7, 11) is 0. The van der Waals surface area contributed by atoms with Crippen LogP contribution in [0.5, 0.6) is 0 Å². The number of rotatable bonds is 3. The Balaban J connectivity index is 1.97. The van der Waals surface area contributed by atoms with E-state index in [4.69, 9.17) is 10.5 Å². The molecule has 3 heteroatoms. The largest absolute Gasteiger partial charge is 0.338 e. The molecule has 23 heavy (non-hydrogen) atoms. The number of nitriles is 2. The van der Waals surface area contributed by atoms with Crippen molar-refractivity contribution in [3.05, 3.63) is 59.7 Å². The molecule has 0 saturated heterocycles. The molecule has 114 valence electrons. The summed E-state index contributed by atoms with van der Waals surface area (Å²) in [5.41, 5.74) is 3.58. The van der Waals surface area contributed by atoms with Crippen molar-refractivity contribution < 1.29 is 0 Å². The normalized spacial score (nSPS) is 14.7. The average molecular weight is 301 g/mol. The van der Waals surface area contributed by atoms with E-state index in [9.17, 15) is 0 Å². The molecule has 0 aliphatic heterocycles. The molecule has 1 saturated carbocycles. The summed E-state index contributed by atoms with van der Waals surface area (Å²) in [6.07, 6.45) is 6.19. The van der Waals surface area contributed by atoms with Gasteiger partial charge >= 0.3 is 0 Å². The third-order valence-corrected chi connectivity index (χ3v) is 4.49. The van der Waals surface area contributed by atoms with Crippen molar-refractivity contribution >= 4 is 11.4 Å². The highest BCUT2D eigenvalue weighted by Crippen LogP contribution is 2.34. The van der Waals surface area contributed by atoms with Crippen LogP contribution in [-0.2, 0) is 0 Å². The van der Waals surface area contributed by atoms with Crippen molar-refractivity contribution in [1.82, 2.24) is 0 Å². The van der Waals surface area contributed by atoms with Gasteiger partial charge in [0.25, 0.3) is 0 Å². The lowest BCUT2D eigenvalue weighted by molar-refractivity contribution is 0.436. The molecule has 1 fully saturated rings. The van der Waals surface area contributed by atoms with Crippen LogP contribution >= 0.6 is 0 Å². The highest BCUT2D eigenvalue weighted by molar-refractivity contribution is 5.65. The van der Waals surface area contributed by atoms with Crippen molar-refractivity contribution in [3.8, 4) is 12.1 Å². The van der Waals surface area contributed by atoms with Crippen LogP contribution < -0.4 is 4.90 Å². The maximum absolute atomic E-state index is 9.00. The zero-order chi connectivity index (χ0) is 16.1. The summed E-state index contributed by atoms with van der Waals surface area (Å²) in [6.45, 7) is 0. The first kappa shape index (κ1) is 15.1. The summed E-state index contributed by atoms with van der Waals surface area (Å²) < 4.78 is 0. The van der Waals surface area contributed by atoms with E-state index in [0.29, 0.717) is 17.2 Å². The molecule has 1 aliphatic rings. The number of nitrogens with zero attached hydrogens (tertiary/aromatic N) is 3. The molecule has 0 aromatic heterocycles. The first-order valence-electron chi connectivity index (χ1n) is 8.11. The molecule has 0 heterocycles. The maximum atomic E-state index is 9.00. The molecule has 0 N–H and O–H groups in total. The van der Waals surface area contributed by atoms with Gasteiger partial charge < -0.3 is 4.90 Å². The molecule has 1 aliphatic carbocycles. The lowest BCUT2D eigenvalue weighted by atomic mass is 9.93. The van der Waals surface area contributed by atoms with E-state index < -0.39 is 0 Å². The van der Waals surface area contributed by atoms with Gasteiger partial charge in [-0.1, -0.05) is 19.3 Å². The fraction of sp³-hybridized carbons (Fsp3) is 0.300. The second-order valence-electron chi connectivity index (χ2n) is 5.98. The van der Waals surface area contributed by atoms with Crippen LogP contribution in [-0.4, -0.2) is 6.04 Å². The van der Waals surface area contributed by atoms with E-state index in [-0.39, 0.29) is 0 Å². The van der Waals surface area contributed by atoms with Crippen molar-refractivity contribution in [2.75, 3.05) is 4.90 Å². The molecular weight excluding hydrogens is 282 g/mol. The molecule has 2 aromatic rings. The maximum Gasteiger partial charge on any atom is 0.0991 e. The van der Waals surface area contributed by atoms with Crippen molar-refractivity contribution in [2.45, 2.75) is 38.1 Å². The minimum atomic E-state index is 0.477. The summed E-state index contributed by atoms with van der Waals surface area (Å²) in [5.74, 6) is 0. The monoisotopic (exact) mass is 301 g/mol. The van der Waals surface area contributed by atoms with Crippen LogP contribution in [0.15, 0.2) is 48.5 Å². The summed E-state index contributed by atoms with van der Waals surface area (Å²) in [5, 5.41) is 18.0. The third kappa shape index (κ3) is 3.35. The highest BCUT2D eigenvalue weighted by Gasteiger charge is 2.23. The van der Waals surface area contributed by atoms with Gasteiger partial charge in [0.05, 0.1) is 23.3 Å². The lowest BCUT2D eigenvalue weighted by Gasteiger charge is -2.36. The average Bonchev–Trinajstić information content (AvgIpc) is 2.64. The third-order valence-electron chi connectivity index (χ3n) is 4.49. The van der Waals surface area contributed by atoms with Crippen LogP contribution in [0.25, 0.3) is 0 Å². The highest BCUT2D eigenvalue weighted by atomic mass is 15.2. The van der Waals surface area contributed by atoms with Gasteiger partial charge in [0.1, 0.15) is 0 Å². The molecule has 3 nitrogen and oxygen atoms in total. The Labute approximate surface area is 137 Å². The minimum absolute atomic E-state index is 0.477. The van der Waals surface area contributed by atoms with Gasteiger partial charge in [0, 0.05) is 17.4 Å². The van der Waals surface area contributed by atoms with Crippen molar-refractivity contribution in [1.29, 1.82) is 10.5 Å². The molecular formula is C20H19N3. The van der Waals surface area contributed by atoms with Crippen LogP contribution in [0.3, 0.4) is 0 Å². The molecule has 0 spiro atoms. The van der Waals surface area contributed by atoms with Gasteiger partial charge in [-0.05, 0) is 61.4 Å². The Morgan fingerprint density at radius 3 is 1.52 bits per heavy atom. The Morgan fingerprint density at radius 1 is 0.696 bits per heavy atom. The predicted octanol–water partition coefficient (Wildman–Crippen LogP) is 4.90. The smallest absolute Gasteiger partial charge is 0.0991 e. The fourth-order valence-corrected chi connectivity index (χ4v) is 3.30. The van der Waals surface area contributed by atoms with Crippen LogP contribution in [0.2, 0.25) is 0 Å². The SMILES string of the molecule is N#Cc1ccc(N(c2ccc(C#N)cc2)C2CCCCC2)cc1. The number of anilines is 2. The van der Waals surface area contributed by atoms with E-state index in [1.807, 2.05) is 48.5 Å². The van der Waals surface area contributed by atoms with E-state index in [2.05, 4.69) is 17.0 Å². The predicted molar refractivity (Wildman–Crippen MR) is 91.3 cm³/mol. The number of hydrogen-bond acceptors (Lipinski definition) is 3. The van der Waals surface area contributed by atoms with Crippen LogP contribution in [0, 0.1) is 22.7 Å².